The molecule has 0 spiro atoms. The summed E-state index contributed by atoms with van der Waals surface area (Å²) >= 11 is 0. The van der Waals surface area contributed by atoms with E-state index in [-0.39, 0.29) is 36.0 Å². The lowest BCUT2D eigenvalue weighted by molar-refractivity contribution is -0.105. The van der Waals surface area contributed by atoms with Crippen LogP contribution in [-0.4, -0.2) is 56.5 Å². The predicted molar refractivity (Wildman–Crippen MR) is 138 cm³/mol. The Morgan fingerprint density at radius 1 is 0.806 bits per heavy atom. The van der Waals surface area contributed by atoms with Crippen molar-refractivity contribution in [2.24, 2.45) is 0 Å². The van der Waals surface area contributed by atoms with Crippen LogP contribution < -0.4 is 5.32 Å². The van der Waals surface area contributed by atoms with E-state index in [1.54, 1.807) is 12.1 Å². The van der Waals surface area contributed by atoms with Gasteiger partial charge in [-0.05, 0) is 73.7 Å². The molecule has 192 valence electrons. The van der Waals surface area contributed by atoms with E-state index in [0.29, 0.717) is 24.1 Å². The monoisotopic (exact) mass is 494 g/mol. The molecule has 0 aliphatic rings. The number of benzene rings is 3. The van der Waals surface area contributed by atoms with Crippen molar-refractivity contribution in [3.8, 4) is 17.2 Å². The molecule has 0 saturated heterocycles. The molecule has 36 heavy (non-hydrogen) atoms. The van der Waals surface area contributed by atoms with Gasteiger partial charge in [0, 0.05) is 13.1 Å². The first-order valence-electron chi connectivity index (χ1n) is 12.0. The number of unbranched alkanes of at least 4 members (excludes halogenated alkanes) is 1. The Morgan fingerprint density at radius 3 is 2.03 bits per heavy atom. The highest BCUT2D eigenvalue weighted by atomic mass is 16.3. The molecule has 0 aliphatic carbocycles. The summed E-state index contributed by atoms with van der Waals surface area (Å²) in [6, 6.07) is 17.1. The first kappa shape index (κ1) is 27.0. The number of hydrogen-bond donors (Lipinski definition) is 6. The third kappa shape index (κ3) is 7.71. The summed E-state index contributed by atoms with van der Waals surface area (Å²) in [5.41, 5.74) is 3.64. The van der Waals surface area contributed by atoms with Crippen LogP contribution in [0.3, 0.4) is 0 Å². The highest BCUT2D eigenvalue weighted by Gasteiger charge is 2.19. The number of aromatic hydroxyl groups is 3. The maximum atomic E-state index is 10.9. The lowest BCUT2D eigenvalue weighted by Crippen LogP contribution is -2.33. The van der Waals surface area contributed by atoms with E-state index < -0.39 is 12.2 Å². The fraction of sp³-hybridized carbons (Fsp3) is 0.321. The quantitative estimate of drug-likeness (QED) is 0.121. The molecule has 3 aromatic rings. The van der Waals surface area contributed by atoms with Gasteiger partial charge in [0.2, 0.25) is 6.41 Å². The minimum absolute atomic E-state index is 0.103. The molecule has 0 fully saturated rings. The van der Waals surface area contributed by atoms with Crippen molar-refractivity contribution in [3.05, 3.63) is 82.9 Å². The second-order valence-corrected chi connectivity index (χ2v) is 9.02. The maximum Gasteiger partial charge on any atom is 0.211 e. The fourth-order valence-corrected chi connectivity index (χ4v) is 4.06. The van der Waals surface area contributed by atoms with E-state index in [9.17, 15) is 30.3 Å². The van der Waals surface area contributed by atoms with Gasteiger partial charge in [-0.2, -0.15) is 0 Å². The van der Waals surface area contributed by atoms with Gasteiger partial charge in [-0.25, -0.2) is 0 Å². The van der Waals surface area contributed by atoms with Gasteiger partial charge in [0.25, 0.3) is 0 Å². The first-order chi connectivity index (χ1) is 17.3. The van der Waals surface area contributed by atoms with Crippen molar-refractivity contribution in [2.75, 3.05) is 25.0 Å². The number of nitrogens with one attached hydrogen (secondary N) is 1. The molecule has 8 heteroatoms. The average Bonchev–Trinajstić information content (AvgIpc) is 2.85. The molecule has 1 amide bonds. The standard InChI is InChI=1S/C28H34N2O6/c1-19-5-7-20(8-6-19)4-2-3-13-30(17-28(36)22-10-12-25(33)26(34)15-22)16-27(35)21-9-11-24(32)23(14-21)29-18-31/h5-12,14-15,18,27-28,32-36H,2-4,13,16-17H2,1H3,(H,29,31)/t27-,28-/m0/s1. The van der Waals surface area contributed by atoms with Crippen molar-refractivity contribution < 1.29 is 30.3 Å². The van der Waals surface area contributed by atoms with Gasteiger partial charge in [0.15, 0.2) is 11.5 Å². The van der Waals surface area contributed by atoms with Gasteiger partial charge in [-0.3, -0.25) is 9.69 Å². The largest absolute Gasteiger partial charge is 0.506 e. The normalized spacial score (nSPS) is 12.9. The average molecular weight is 495 g/mol. The Bertz CT molecular complexity index is 1140. The van der Waals surface area contributed by atoms with Gasteiger partial charge < -0.3 is 30.8 Å². The minimum atomic E-state index is -0.951. The second kappa shape index (κ2) is 12.9. The molecular formula is C28H34N2O6. The smallest absolute Gasteiger partial charge is 0.211 e. The fourth-order valence-electron chi connectivity index (χ4n) is 4.06. The summed E-state index contributed by atoms with van der Waals surface area (Å²) in [4.78, 5) is 12.7. The zero-order valence-corrected chi connectivity index (χ0v) is 20.3. The Balaban J connectivity index is 1.68. The van der Waals surface area contributed by atoms with Crippen LogP contribution in [-0.2, 0) is 11.2 Å². The Morgan fingerprint density at radius 2 is 1.42 bits per heavy atom. The van der Waals surface area contributed by atoms with Crippen LogP contribution in [0.4, 0.5) is 5.69 Å². The minimum Gasteiger partial charge on any atom is -0.506 e. The molecule has 3 aromatic carbocycles. The number of carbonyl (C=O) groups is 1. The van der Waals surface area contributed by atoms with E-state index in [4.69, 9.17) is 0 Å². The molecule has 0 aliphatic heterocycles. The SMILES string of the molecule is Cc1ccc(CCCCN(C[C@H](O)c2ccc(O)c(O)c2)C[C@H](O)c2ccc(O)c(NC=O)c2)cc1. The molecular weight excluding hydrogens is 460 g/mol. The molecule has 0 bridgehead atoms. The van der Waals surface area contributed by atoms with Crippen molar-refractivity contribution in [1.82, 2.24) is 4.90 Å². The molecule has 2 atom stereocenters. The number of phenolic OH excluding ortho intramolecular Hbond substituents is 3. The van der Waals surface area contributed by atoms with Crippen LogP contribution >= 0.6 is 0 Å². The van der Waals surface area contributed by atoms with Crippen LogP contribution in [0.5, 0.6) is 17.2 Å². The van der Waals surface area contributed by atoms with E-state index in [1.807, 2.05) is 4.90 Å². The molecule has 0 aromatic heterocycles. The van der Waals surface area contributed by atoms with Crippen LogP contribution in [0.25, 0.3) is 0 Å². The third-order valence-corrected chi connectivity index (χ3v) is 6.18. The molecule has 3 rings (SSSR count). The predicted octanol–water partition coefficient (Wildman–Crippen LogP) is 3.77. The highest BCUT2D eigenvalue weighted by molar-refractivity contribution is 5.75. The number of amides is 1. The van der Waals surface area contributed by atoms with Crippen LogP contribution in [0.15, 0.2) is 60.7 Å². The molecule has 0 unspecified atom stereocenters. The summed E-state index contributed by atoms with van der Waals surface area (Å²) in [5, 5.41) is 53.4. The van der Waals surface area contributed by atoms with Crippen molar-refractivity contribution in [2.45, 2.75) is 38.4 Å². The van der Waals surface area contributed by atoms with Crippen molar-refractivity contribution >= 4 is 12.1 Å². The summed E-state index contributed by atoms with van der Waals surface area (Å²) in [6.07, 6.45) is 1.25. The molecule has 0 radical (unpaired) electrons. The number of rotatable bonds is 13. The zero-order valence-electron chi connectivity index (χ0n) is 20.3. The number of hydrogen-bond acceptors (Lipinski definition) is 7. The van der Waals surface area contributed by atoms with Gasteiger partial charge in [-0.15, -0.1) is 0 Å². The Hall–Kier alpha value is -3.59. The van der Waals surface area contributed by atoms with Gasteiger partial charge in [0.1, 0.15) is 5.75 Å². The maximum absolute atomic E-state index is 10.9. The number of nitrogens with zero attached hydrogens (tertiary/aromatic N) is 1. The number of aliphatic hydroxyl groups is 2. The van der Waals surface area contributed by atoms with Gasteiger partial charge >= 0.3 is 0 Å². The molecule has 0 heterocycles. The summed E-state index contributed by atoms with van der Waals surface area (Å²) in [7, 11) is 0. The number of phenols is 3. The van der Waals surface area contributed by atoms with E-state index in [1.165, 1.54) is 35.4 Å². The number of carbonyl (C=O) groups excluding carboxylic acids is 1. The highest BCUT2D eigenvalue weighted by Crippen LogP contribution is 2.30. The lowest BCUT2D eigenvalue weighted by Gasteiger charge is -2.28. The molecule has 8 nitrogen and oxygen atoms in total. The topological polar surface area (TPSA) is 133 Å². The van der Waals surface area contributed by atoms with Gasteiger partial charge in [-0.1, -0.05) is 42.0 Å². The number of aryl methyl sites for hydroxylation is 2. The van der Waals surface area contributed by atoms with Crippen molar-refractivity contribution in [3.63, 3.8) is 0 Å². The van der Waals surface area contributed by atoms with Crippen LogP contribution in [0, 0.1) is 6.92 Å². The van der Waals surface area contributed by atoms with Crippen LogP contribution in [0.2, 0.25) is 0 Å². The van der Waals surface area contributed by atoms with E-state index in [2.05, 4.69) is 36.5 Å². The van der Waals surface area contributed by atoms with Crippen molar-refractivity contribution in [1.29, 1.82) is 0 Å². The van der Waals surface area contributed by atoms with E-state index >= 15 is 0 Å². The number of aliphatic hydroxyl groups excluding tert-OH is 2. The number of anilines is 1. The first-order valence-corrected chi connectivity index (χ1v) is 12.0. The third-order valence-electron chi connectivity index (χ3n) is 6.18. The Kier molecular flexibility index (Phi) is 9.69. The summed E-state index contributed by atoms with van der Waals surface area (Å²) in [6.45, 7) is 3.07. The van der Waals surface area contributed by atoms with E-state index in [0.717, 1.165) is 19.3 Å². The van der Waals surface area contributed by atoms with Crippen LogP contribution in [0.1, 0.15) is 47.3 Å². The second-order valence-electron chi connectivity index (χ2n) is 9.02. The zero-order chi connectivity index (χ0) is 26.1. The molecule has 0 saturated carbocycles. The molecule has 6 N–H and O–H groups in total. The lowest BCUT2D eigenvalue weighted by atomic mass is 10.0. The van der Waals surface area contributed by atoms with Gasteiger partial charge in [0.05, 0.1) is 17.9 Å². The Labute approximate surface area is 211 Å². The summed E-state index contributed by atoms with van der Waals surface area (Å²) < 4.78 is 0. The summed E-state index contributed by atoms with van der Waals surface area (Å²) in [5.74, 6) is -0.675.